The lowest BCUT2D eigenvalue weighted by molar-refractivity contribution is -0.116. The average molecular weight is 395 g/mol. The minimum absolute atomic E-state index is 0.0367. The second-order valence-electron chi connectivity index (χ2n) is 6.77. The molecule has 2 amide bonds. The number of aromatic amines is 1. The molecular formula is C21H21N3O3S. The zero-order valence-electron chi connectivity index (χ0n) is 15.6. The maximum absolute atomic E-state index is 12.4. The standard InChI is InChI=1S/C21H21N3O3S/c1-13(2)12-19(25)22-14-5-7-15(8-6-14)23-20(26)16-9-10-17(24-21(16)27)18-4-3-11-28-18/h3-11,13H,12H2,1-2H3,(H,22,25)(H,23,26)(H,24,27). The van der Waals surface area contributed by atoms with Gasteiger partial charge in [0.1, 0.15) is 5.56 Å². The van der Waals surface area contributed by atoms with Crippen LogP contribution in [0.4, 0.5) is 11.4 Å². The van der Waals surface area contributed by atoms with Gasteiger partial charge in [0.2, 0.25) is 5.91 Å². The van der Waals surface area contributed by atoms with Gasteiger partial charge in [-0.05, 0) is 53.8 Å². The van der Waals surface area contributed by atoms with Crippen LogP contribution in [0.25, 0.3) is 10.6 Å². The van der Waals surface area contributed by atoms with Crippen molar-refractivity contribution in [3.63, 3.8) is 0 Å². The molecule has 0 bridgehead atoms. The number of benzene rings is 1. The summed E-state index contributed by atoms with van der Waals surface area (Å²) in [7, 11) is 0. The third-order valence-electron chi connectivity index (χ3n) is 3.96. The predicted molar refractivity (Wildman–Crippen MR) is 113 cm³/mol. The highest BCUT2D eigenvalue weighted by atomic mass is 32.1. The van der Waals surface area contributed by atoms with E-state index in [1.54, 1.807) is 30.3 Å². The fourth-order valence-electron chi connectivity index (χ4n) is 2.65. The van der Waals surface area contributed by atoms with E-state index in [1.807, 2.05) is 31.4 Å². The summed E-state index contributed by atoms with van der Waals surface area (Å²) in [4.78, 5) is 40.2. The van der Waals surface area contributed by atoms with Crippen molar-refractivity contribution < 1.29 is 9.59 Å². The lowest BCUT2D eigenvalue weighted by Crippen LogP contribution is -2.23. The molecule has 3 N–H and O–H groups in total. The highest BCUT2D eigenvalue weighted by molar-refractivity contribution is 7.13. The summed E-state index contributed by atoms with van der Waals surface area (Å²) in [6, 6.07) is 13.8. The fourth-order valence-corrected chi connectivity index (χ4v) is 3.35. The molecule has 28 heavy (non-hydrogen) atoms. The first-order valence-electron chi connectivity index (χ1n) is 8.91. The Morgan fingerprint density at radius 3 is 2.25 bits per heavy atom. The largest absolute Gasteiger partial charge is 0.326 e. The third-order valence-corrected chi connectivity index (χ3v) is 4.86. The molecule has 0 aliphatic heterocycles. The number of hydrogen-bond acceptors (Lipinski definition) is 4. The number of carbonyl (C=O) groups is 2. The monoisotopic (exact) mass is 395 g/mol. The van der Waals surface area contributed by atoms with Gasteiger partial charge in [0.25, 0.3) is 11.5 Å². The Morgan fingerprint density at radius 2 is 1.68 bits per heavy atom. The Morgan fingerprint density at radius 1 is 1.00 bits per heavy atom. The number of rotatable bonds is 6. The predicted octanol–water partition coefficient (Wildman–Crippen LogP) is 4.34. The maximum Gasteiger partial charge on any atom is 0.261 e. The van der Waals surface area contributed by atoms with Gasteiger partial charge < -0.3 is 15.6 Å². The van der Waals surface area contributed by atoms with Crippen molar-refractivity contribution in [1.82, 2.24) is 4.98 Å². The summed E-state index contributed by atoms with van der Waals surface area (Å²) < 4.78 is 0. The number of aromatic nitrogens is 1. The first kappa shape index (κ1) is 19.6. The van der Waals surface area contributed by atoms with Crippen molar-refractivity contribution in [2.75, 3.05) is 10.6 Å². The van der Waals surface area contributed by atoms with Gasteiger partial charge in [-0.25, -0.2) is 0 Å². The molecule has 0 radical (unpaired) electrons. The van der Waals surface area contributed by atoms with Crippen LogP contribution in [0, 0.1) is 5.92 Å². The van der Waals surface area contributed by atoms with Gasteiger partial charge in [-0.1, -0.05) is 19.9 Å². The summed E-state index contributed by atoms with van der Waals surface area (Å²) in [6.45, 7) is 3.96. The molecule has 2 heterocycles. The molecule has 0 saturated heterocycles. The molecule has 0 aliphatic rings. The van der Waals surface area contributed by atoms with Crippen LogP contribution in [-0.2, 0) is 4.79 Å². The Hall–Kier alpha value is -3.19. The second kappa shape index (κ2) is 8.67. The first-order chi connectivity index (χ1) is 13.4. The van der Waals surface area contributed by atoms with Crippen molar-refractivity contribution in [3.05, 3.63) is 69.8 Å². The molecule has 0 unspecified atom stereocenters. The molecule has 1 aromatic carbocycles. The Balaban J connectivity index is 1.66. The molecule has 0 atom stereocenters. The molecule has 0 saturated carbocycles. The van der Waals surface area contributed by atoms with Gasteiger partial charge in [0.15, 0.2) is 0 Å². The third kappa shape index (κ3) is 4.95. The summed E-state index contributed by atoms with van der Waals surface area (Å²) in [5, 5.41) is 7.43. The zero-order chi connectivity index (χ0) is 20.1. The number of thiophene rings is 1. The number of nitrogens with one attached hydrogen (secondary N) is 3. The number of carbonyl (C=O) groups excluding carboxylic acids is 2. The average Bonchev–Trinajstić information content (AvgIpc) is 3.17. The molecule has 6 nitrogen and oxygen atoms in total. The Labute approximate surface area is 166 Å². The van der Waals surface area contributed by atoms with Crippen molar-refractivity contribution in [2.24, 2.45) is 5.92 Å². The van der Waals surface area contributed by atoms with Crippen LogP contribution in [0.5, 0.6) is 0 Å². The van der Waals surface area contributed by atoms with E-state index in [0.29, 0.717) is 23.5 Å². The Bertz CT molecular complexity index is 1020. The molecule has 0 fully saturated rings. The van der Waals surface area contributed by atoms with Crippen molar-refractivity contribution in [3.8, 4) is 10.6 Å². The number of anilines is 2. The molecule has 3 aromatic rings. The summed E-state index contributed by atoms with van der Waals surface area (Å²) >= 11 is 1.51. The number of hydrogen-bond donors (Lipinski definition) is 3. The van der Waals surface area contributed by atoms with Crippen molar-refractivity contribution in [2.45, 2.75) is 20.3 Å². The lowest BCUT2D eigenvalue weighted by atomic mass is 10.1. The van der Waals surface area contributed by atoms with Crippen LogP contribution in [-0.4, -0.2) is 16.8 Å². The summed E-state index contributed by atoms with van der Waals surface area (Å²) in [5.41, 5.74) is 1.46. The second-order valence-corrected chi connectivity index (χ2v) is 7.72. The fraction of sp³-hybridized carbons (Fsp3) is 0.190. The molecule has 0 spiro atoms. The smallest absolute Gasteiger partial charge is 0.261 e. The van der Waals surface area contributed by atoms with Gasteiger partial charge in [0, 0.05) is 17.8 Å². The van der Waals surface area contributed by atoms with Crippen molar-refractivity contribution >= 4 is 34.5 Å². The molecule has 144 valence electrons. The van der Waals surface area contributed by atoms with Crippen LogP contribution in [0.2, 0.25) is 0 Å². The highest BCUT2D eigenvalue weighted by Crippen LogP contribution is 2.21. The van der Waals surface area contributed by atoms with Crippen LogP contribution in [0.1, 0.15) is 30.6 Å². The lowest BCUT2D eigenvalue weighted by Gasteiger charge is -2.09. The van der Waals surface area contributed by atoms with E-state index in [1.165, 1.54) is 17.4 Å². The van der Waals surface area contributed by atoms with Crippen molar-refractivity contribution in [1.29, 1.82) is 0 Å². The number of pyridine rings is 1. The topological polar surface area (TPSA) is 91.1 Å². The highest BCUT2D eigenvalue weighted by Gasteiger charge is 2.12. The van der Waals surface area contributed by atoms with E-state index in [9.17, 15) is 14.4 Å². The van der Waals surface area contributed by atoms with E-state index in [4.69, 9.17) is 0 Å². The van der Waals surface area contributed by atoms with Crippen LogP contribution >= 0.6 is 11.3 Å². The molecule has 0 aliphatic carbocycles. The molecular weight excluding hydrogens is 374 g/mol. The number of H-pyrrole nitrogens is 1. The minimum atomic E-state index is -0.490. The summed E-state index contributed by atoms with van der Waals surface area (Å²) in [6.07, 6.45) is 0.447. The maximum atomic E-state index is 12.4. The van der Waals surface area contributed by atoms with Gasteiger partial charge in [-0.15, -0.1) is 11.3 Å². The SMILES string of the molecule is CC(C)CC(=O)Nc1ccc(NC(=O)c2ccc(-c3cccs3)[nH]c2=O)cc1. The molecule has 3 rings (SSSR count). The number of amides is 2. The Kier molecular flexibility index (Phi) is 6.06. The van der Waals surface area contributed by atoms with Gasteiger partial charge in [0.05, 0.1) is 10.6 Å². The van der Waals surface area contributed by atoms with Gasteiger partial charge in [-0.3, -0.25) is 14.4 Å². The van der Waals surface area contributed by atoms with Crippen LogP contribution in [0.15, 0.2) is 58.7 Å². The van der Waals surface area contributed by atoms with E-state index in [0.717, 1.165) is 4.88 Å². The van der Waals surface area contributed by atoms with Crippen LogP contribution < -0.4 is 16.2 Å². The minimum Gasteiger partial charge on any atom is -0.326 e. The zero-order valence-corrected chi connectivity index (χ0v) is 16.4. The van der Waals surface area contributed by atoms with Crippen LogP contribution in [0.3, 0.4) is 0 Å². The molecule has 2 aromatic heterocycles. The van der Waals surface area contributed by atoms with Gasteiger partial charge in [-0.2, -0.15) is 0 Å². The van der Waals surface area contributed by atoms with E-state index in [-0.39, 0.29) is 17.4 Å². The summed E-state index contributed by atoms with van der Waals surface area (Å²) in [5.74, 6) is -0.261. The normalized spacial score (nSPS) is 10.7. The van der Waals surface area contributed by atoms with E-state index >= 15 is 0 Å². The first-order valence-corrected chi connectivity index (χ1v) is 9.79. The van der Waals surface area contributed by atoms with Gasteiger partial charge >= 0.3 is 0 Å². The van der Waals surface area contributed by atoms with E-state index in [2.05, 4.69) is 15.6 Å². The quantitative estimate of drug-likeness (QED) is 0.580. The molecule has 7 heteroatoms. The van der Waals surface area contributed by atoms with E-state index < -0.39 is 11.5 Å².